The lowest BCUT2D eigenvalue weighted by Gasteiger charge is -2.35. The number of aliphatic hydroxyl groups is 1. The molecule has 1 aromatic carbocycles. The van der Waals surface area contributed by atoms with E-state index in [2.05, 4.69) is 15.4 Å². The molecule has 1 aliphatic carbocycles. The number of nitrogens with zero attached hydrogens (tertiary/aromatic N) is 3. The molecule has 2 atom stereocenters. The van der Waals surface area contributed by atoms with Crippen molar-refractivity contribution >= 4 is 16.9 Å². The van der Waals surface area contributed by atoms with Gasteiger partial charge in [-0.3, -0.25) is 4.79 Å². The largest absolute Gasteiger partial charge is 0.391 e. The summed E-state index contributed by atoms with van der Waals surface area (Å²) < 4.78 is 0. The minimum atomic E-state index is -0.423. The molecule has 0 saturated heterocycles. The summed E-state index contributed by atoms with van der Waals surface area (Å²) in [5.41, 5.74) is 1.99. The Morgan fingerprint density at radius 1 is 1.30 bits per heavy atom. The van der Waals surface area contributed by atoms with Gasteiger partial charge in [-0.05, 0) is 31.0 Å². The summed E-state index contributed by atoms with van der Waals surface area (Å²) in [7, 11) is 1.76. The van der Waals surface area contributed by atoms with Crippen molar-refractivity contribution in [1.29, 1.82) is 0 Å². The van der Waals surface area contributed by atoms with E-state index in [1.807, 2.05) is 0 Å². The molecule has 0 bridgehead atoms. The number of hydrogen-bond donors (Lipinski definition) is 2. The lowest BCUT2D eigenvalue weighted by atomic mass is 9.91. The maximum atomic E-state index is 12.5. The van der Waals surface area contributed by atoms with Crippen molar-refractivity contribution in [1.82, 2.24) is 20.3 Å². The standard InChI is InChI=1S/C14H18N4O2/c1-18(12-4-2-3-5-13(12)19)14(20)9-6-7-10-11(8-9)16-17-15-10/h6-8,12-13,19H,2-5H2,1H3,(H,15,16,17). The summed E-state index contributed by atoms with van der Waals surface area (Å²) in [5.74, 6) is -0.0825. The molecule has 1 fully saturated rings. The topological polar surface area (TPSA) is 82.1 Å². The van der Waals surface area contributed by atoms with Gasteiger partial charge < -0.3 is 10.0 Å². The zero-order chi connectivity index (χ0) is 14.1. The Morgan fingerprint density at radius 3 is 2.85 bits per heavy atom. The Morgan fingerprint density at radius 2 is 2.05 bits per heavy atom. The van der Waals surface area contributed by atoms with E-state index in [-0.39, 0.29) is 11.9 Å². The van der Waals surface area contributed by atoms with E-state index in [0.29, 0.717) is 11.1 Å². The van der Waals surface area contributed by atoms with E-state index in [0.717, 1.165) is 31.2 Å². The van der Waals surface area contributed by atoms with Crippen LogP contribution in [0.3, 0.4) is 0 Å². The van der Waals surface area contributed by atoms with Gasteiger partial charge in [-0.15, -0.1) is 0 Å². The second-order valence-corrected chi connectivity index (χ2v) is 5.36. The number of nitrogens with one attached hydrogen (secondary N) is 1. The van der Waals surface area contributed by atoms with E-state index in [9.17, 15) is 9.90 Å². The zero-order valence-electron chi connectivity index (χ0n) is 11.4. The zero-order valence-corrected chi connectivity index (χ0v) is 11.4. The number of carbonyl (C=O) groups excluding carboxylic acids is 1. The SMILES string of the molecule is CN(C(=O)c1ccc2n[nH]nc2c1)C1CCCCC1O. The van der Waals surface area contributed by atoms with E-state index >= 15 is 0 Å². The number of aliphatic hydroxyl groups excluding tert-OH is 1. The van der Waals surface area contributed by atoms with Crippen molar-refractivity contribution in [3.8, 4) is 0 Å². The average Bonchev–Trinajstić information content (AvgIpc) is 2.93. The van der Waals surface area contributed by atoms with Crippen LogP contribution in [0.1, 0.15) is 36.0 Å². The summed E-state index contributed by atoms with van der Waals surface area (Å²) in [5, 5.41) is 20.5. The first-order valence-electron chi connectivity index (χ1n) is 6.92. The molecule has 2 N–H and O–H groups in total. The third-order valence-electron chi connectivity index (χ3n) is 4.08. The molecule has 20 heavy (non-hydrogen) atoms. The molecule has 1 heterocycles. The Labute approximate surface area is 116 Å². The van der Waals surface area contributed by atoms with E-state index < -0.39 is 6.10 Å². The van der Waals surface area contributed by atoms with Gasteiger partial charge in [0, 0.05) is 12.6 Å². The summed E-state index contributed by atoms with van der Waals surface area (Å²) in [6.45, 7) is 0. The fraction of sp³-hybridized carbons (Fsp3) is 0.500. The van der Waals surface area contributed by atoms with Gasteiger partial charge in [-0.1, -0.05) is 12.8 Å². The third-order valence-corrected chi connectivity index (χ3v) is 4.08. The third kappa shape index (κ3) is 2.27. The minimum absolute atomic E-state index is 0.0825. The summed E-state index contributed by atoms with van der Waals surface area (Å²) in [6, 6.07) is 5.16. The summed E-state index contributed by atoms with van der Waals surface area (Å²) >= 11 is 0. The Balaban J connectivity index is 1.83. The van der Waals surface area contributed by atoms with Crippen molar-refractivity contribution < 1.29 is 9.90 Å². The Bertz CT molecular complexity index is 624. The lowest BCUT2D eigenvalue weighted by molar-refractivity contribution is 0.0268. The molecule has 2 aromatic rings. The van der Waals surface area contributed by atoms with E-state index in [1.54, 1.807) is 30.1 Å². The molecule has 1 amide bonds. The first kappa shape index (κ1) is 13.1. The van der Waals surface area contributed by atoms with Crippen LogP contribution in [0.15, 0.2) is 18.2 Å². The fourth-order valence-electron chi connectivity index (χ4n) is 2.87. The highest BCUT2D eigenvalue weighted by atomic mass is 16.3. The number of amides is 1. The van der Waals surface area contributed by atoms with Gasteiger partial charge in [0.15, 0.2) is 0 Å². The van der Waals surface area contributed by atoms with Crippen molar-refractivity contribution in [2.45, 2.75) is 37.8 Å². The second-order valence-electron chi connectivity index (χ2n) is 5.36. The molecular weight excluding hydrogens is 256 g/mol. The van der Waals surface area contributed by atoms with E-state index in [1.165, 1.54) is 0 Å². The predicted octanol–water partition coefficient (Wildman–Crippen LogP) is 1.33. The van der Waals surface area contributed by atoms with Crippen LogP contribution in [0, 0.1) is 0 Å². The fourth-order valence-corrected chi connectivity index (χ4v) is 2.87. The maximum absolute atomic E-state index is 12.5. The van der Waals surface area contributed by atoms with Crippen molar-refractivity contribution in [3.05, 3.63) is 23.8 Å². The Hall–Kier alpha value is -1.95. The van der Waals surface area contributed by atoms with Gasteiger partial charge in [0.05, 0.1) is 12.1 Å². The van der Waals surface area contributed by atoms with Crippen LogP contribution in [-0.4, -0.2) is 50.5 Å². The first-order valence-corrected chi connectivity index (χ1v) is 6.92. The molecule has 0 radical (unpaired) electrons. The maximum Gasteiger partial charge on any atom is 0.254 e. The number of fused-ring (bicyclic) bond motifs is 1. The number of likely N-dealkylation sites (N-methyl/N-ethyl adjacent to an activating group) is 1. The van der Waals surface area contributed by atoms with Crippen LogP contribution in [0.5, 0.6) is 0 Å². The quantitative estimate of drug-likeness (QED) is 0.865. The number of rotatable bonds is 2. The van der Waals surface area contributed by atoms with Crippen molar-refractivity contribution in [2.75, 3.05) is 7.05 Å². The molecule has 1 saturated carbocycles. The number of hydrogen-bond acceptors (Lipinski definition) is 4. The van der Waals surface area contributed by atoms with Crippen LogP contribution in [0.2, 0.25) is 0 Å². The predicted molar refractivity (Wildman–Crippen MR) is 74.2 cm³/mol. The van der Waals surface area contributed by atoms with Gasteiger partial charge in [0.2, 0.25) is 0 Å². The molecule has 2 unspecified atom stereocenters. The highest BCUT2D eigenvalue weighted by molar-refractivity contribution is 5.97. The Kier molecular flexibility index (Phi) is 3.40. The summed E-state index contributed by atoms with van der Waals surface area (Å²) in [6.07, 6.45) is 3.29. The van der Waals surface area contributed by atoms with Crippen LogP contribution >= 0.6 is 0 Å². The molecule has 6 nitrogen and oxygen atoms in total. The molecular formula is C14H18N4O2. The normalized spacial score (nSPS) is 22.9. The highest BCUT2D eigenvalue weighted by Crippen LogP contribution is 2.24. The first-order chi connectivity index (χ1) is 9.66. The highest BCUT2D eigenvalue weighted by Gasteiger charge is 2.29. The minimum Gasteiger partial charge on any atom is -0.391 e. The molecule has 3 rings (SSSR count). The van der Waals surface area contributed by atoms with Crippen LogP contribution < -0.4 is 0 Å². The van der Waals surface area contributed by atoms with Gasteiger partial charge in [0.25, 0.3) is 5.91 Å². The number of benzene rings is 1. The molecule has 1 aliphatic rings. The average molecular weight is 274 g/mol. The lowest BCUT2D eigenvalue weighted by Crippen LogP contribution is -2.46. The molecule has 1 aromatic heterocycles. The van der Waals surface area contributed by atoms with Crippen LogP contribution in [-0.2, 0) is 0 Å². The molecule has 0 aliphatic heterocycles. The second kappa shape index (κ2) is 5.20. The molecule has 106 valence electrons. The summed E-state index contributed by atoms with van der Waals surface area (Å²) in [4.78, 5) is 14.2. The van der Waals surface area contributed by atoms with Crippen LogP contribution in [0.4, 0.5) is 0 Å². The number of aromatic nitrogens is 3. The number of carbonyl (C=O) groups is 1. The van der Waals surface area contributed by atoms with Gasteiger partial charge in [-0.2, -0.15) is 15.4 Å². The van der Waals surface area contributed by atoms with Crippen molar-refractivity contribution in [2.24, 2.45) is 0 Å². The molecule has 0 spiro atoms. The number of H-pyrrole nitrogens is 1. The van der Waals surface area contributed by atoms with E-state index in [4.69, 9.17) is 0 Å². The molecule has 6 heteroatoms. The van der Waals surface area contributed by atoms with Crippen molar-refractivity contribution in [3.63, 3.8) is 0 Å². The number of aromatic amines is 1. The smallest absolute Gasteiger partial charge is 0.254 e. The van der Waals surface area contributed by atoms with Gasteiger partial charge in [0.1, 0.15) is 11.0 Å². The monoisotopic (exact) mass is 274 g/mol. The van der Waals surface area contributed by atoms with Crippen LogP contribution in [0.25, 0.3) is 11.0 Å². The van der Waals surface area contributed by atoms with Gasteiger partial charge >= 0.3 is 0 Å². The van der Waals surface area contributed by atoms with Gasteiger partial charge in [-0.25, -0.2) is 0 Å².